The molecule has 1 aliphatic rings. The summed E-state index contributed by atoms with van der Waals surface area (Å²) in [7, 11) is 0. The monoisotopic (exact) mass is 286 g/mol. The smallest absolute Gasteiger partial charge is 0.387 e. The van der Waals surface area contributed by atoms with Crippen molar-refractivity contribution in [3.05, 3.63) is 23.9 Å². The third-order valence-electron chi connectivity index (χ3n) is 3.91. The van der Waals surface area contributed by atoms with Crippen LogP contribution in [0.15, 0.2) is 18.3 Å². The molecule has 110 valence electrons. The minimum absolute atomic E-state index is 0.0365. The molecule has 1 fully saturated rings. The zero-order chi connectivity index (χ0) is 15.0. The number of nitrogens with two attached hydrogens (primary N) is 1. The van der Waals surface area contributed by atoms with Crippen molar-refractivity contribution < 1.29 is 13.2 Å². The van der Waals surface area contributed by atoms with Gasteiger partial charge in [-0.05, 0) is 25.0 Å². The van der Waals surface area contributed by atoms with Gasteiger partial charge in [0.2, 0.25) is 0 Å². The van der Waals surface area contributed by atoms with E-state index in [4.69, 9.17) is 11.1 Å². The van der Waals surface area contributed by atoms with E-state index in [1.54, 1.807) is 4.90 Å². The highest BCUT2D eigenvalue weighted by Gasteiger charge is 2.38. The number of anilines is 1. The number of piperidine rings is 1. The summed E-state index contributed by atoms with van der Waals surface area (Å²) in [4.78, 5) is 5.50. The number of alkyl halides is 3. The molecule has 0 spiro atoms. The van der Waals surface area contributed by atoms with Gasteiger partial charge in [0.1, 0.15) is 5.82 Å². The molecule has 20 heavy (non-hydrogen) atoms. The van der Waals surface area contributed by atoms with E-state index >= 15 is 0 Å². The Morgan fingerprint density at radius 2 is 2.00 bits per heavy atom. The molecular weight excluding hydrogens is 269 g/mol. The number of halogens is 3. The van der Waals surface area contributed by atoms with Crippen LogP contribution in [0.3, 0.4) is 0 Å². The Morgan fingerprint density at radius 1 is 1.40 bits per heavy atom. The Labute approximate surface area is 115 Å². The summed E-state index contributed by atoms with van der Waals surface area (Å²) in [5.41, 5.74) is 4.41. The van der Waals surface area contributed by atoms with Crippen LogP contribution in [-0.2, 0) is 6.18 Å². The van der Waals surface area contributed by atoms with Gasteiger partial charge in [-0.25, -0.2) is 4.98 Å². The summed E-state index contributed by atoms with van der Waals surface area (Å²) in [6.07, 6.45) is -1.94. The molecule has 0 bridgehead atoms. The lowest BCUT2D eigenvalue weighted by molar-refractivity contribution is -0.137. The van der Waals surface area contributed by atoms with Gasteiger partial charge in [0.25, 0.3) is 0 Å². The van der Waals surface area contributed by atoms with Crippen LogP contribution in [0.25, 0.3) is 0 Å². The van der Waals surface area contributed by atoms with Crippen molar-refractivity contribution in [1.29, 1.82) is 5.41 Å². The van der Waals surface area contributed by atoms with Gasteiger partial charge >= 0.3 is 6.18 Å². The molecule has 2 rings (SSSR count). The van der Waals surface area contributed by atoms with E-state index in [0.29, 0.717) is 25.9 Å². The number of hydrogen-bond donors (Lipinski definition) is 2. The predicted octanol–water partition coefficient (Wildman–Crippen LogP) is 2.64. The van der Waals surface area contributed by atoms with E-state index in [1.807, 2.05) is 6.92 Å². The Hall–Kier alpha value is -1.79. The number of aromatic nitrogens is 1. The summed E-state index contributed by atoms with van der Waals surface area (Å²) in [5.74, 6) is 0.0554. The summed E-state index contributed by atoms with van der Waals surface area (Å²) < 4.78 is 38.9. The summed E-state index contributed by atoms with van der Waals surface area (Å²) >= 11 is 0. The van der Waals surface area contributed by atoms with Gasteiger partial charge in [-0.3, -0.25) is 5.41 Å². The van der Waals surface area contributed by atoms with Crippen molar-refractivity contribution in [2.45, 2.75) is 25.9 Å². The van der Waals surface area contributed by atoms with Crippen molar-refractivity contribution >= 4 is 11.7 Å². The standard InChI is InChI=1S/C13H17F3N4/c1-12(11(17)18)4-7-20(8-5-12)10-9(13(14,15)16)3-2-6-19-10/h2-3,6H,4-5,7-8H2,1H3,(H3,17,18). The van der Waals surface area contributed by atoms with E-state index in [9.17, 15) is 13.2 Å². The number of pyridine rings is 1. The zero-order valence-electron chi connectivity index (χ0n) is 11.2. The van der Waals surface area contributed by atoms with Gasteiger partial charge in [0.15, 0.2) is 0 Å². The zero-order valence-corrected chi connectivity index (χ0v) is 11.2. The number of hydrogen-bond acceptors (Lipinski definition) is 3. The van der Waals surface area contributed by atoms with Crippen LogP contribution in [0, 0.1) is 10.8 Å². The average molecular weight is 286 g/mol. The third kappa shape index (κ3) is 2.71. The number of rotatable bonds is 2. The van der Waals surface area contributed by atoms with Crippen LogP contribution in [0.5, 0.6) is 0 Å². The molecule has 4 nitrogen and oxygen atoms in total. The summed E-state index contributed by atoms with van der Waals surface area (Å²) in [6.45, 7) is 2.70. The molecule has 1 aliphatic heterocycles. The molecule has 0 atom stereocenters. The Balaban J connectivity index is 2.22. The maximum absolute atomic E-state index is 13.0. The third-order valence-corrected chi connectivity index (χ3v) is 3.91. The molecule has 2 heterocycles. The Kier molecular flexibility index (Phi) is 3.62. The van der Waals surface area contributed by atoms with Crippen LogP contribution in [0.1, 0.15) is 25.3 Å². The molecule has 0 aromatic carbocycles. The van der Waals surface area contributed by atoms with E-state index < -0.39 is 17.2 Å². The van der Waals surface area contributed by atoms with Gasteiger partial charge in [-0.15, -0.1) is 0 Å². The number of nitrogens with zero attached hydrogens (tertiary/aromatic N) is 2. The molecule has 0 aliphatic carbocycles. The maximum Gasteiger partial charge on any atom is 0.419 e. The van der Waals surface area contributed by atoms with E-state index in [2.05, 4.69) is 4.98 Å². The quantitative estimate of drug-likeness (QED) is 0.649. The minimum Gasteiger partial charge on any atom is -0.387 e. The molecule has 1 aromatic rings. The van der Waals surface area contributed by atoms with E-state index in [0.717, 1.165) is 6.07 Å². The average Bonchev–Trinajstić information content (AvgIpc) is 2.38. The van der Waals surface area contributed by atoms with Crippen molar-refractivity contribution in [2.24, 2.45) is 11.1 Å². The number of amidine groups is 1. The van der Waals surface area contributed by atoms with E-state index in [-0.39, 0.29) is 11.7 Å². The Bertz CT molecular complexity index is 505. The largest absolute Gasteiger partial charge is 0.419 e. The fourth-order valence-corrected chi connectivity index (χ4v) is 2.35. The van der Waals surface area contributed by atoms with Crippen LogP contribution < -0.4 is 10.6 Å². The normalized spacial score (nSPS) is 18.9. The SMILES string of the molecule is CC1(C(=N)N)CCN(c2ncccc2C(F)(F)F)CC1. The maximum atomic E-state index is 13.0. The van der Waals surface area contributed by atoms with Crippen molar-refractivity contribution in [2.75, 3.05) is 18.0 Å². The first kappa shape index (κ1) is 14.6. The van der Waals surface area contributed by atoms with E-state index in [1.165, 1.54) is 12.3 Å². The molecule has 0 unspecified atom stereocenters. The summed E-state index contributed by atoms with van der Waals surface area (Å²) in [6, 6.07) is 2.33. The molecule has 1 aromatic heterocycles. The predicted molar refractivity (Wildman–Crippen MR) is 70.7 cm³/mol. The van der Waals surface area contributed by atoms with Crippen LogP contribution in [0.2, 0.25) is 0 Å². The minimum atomic E-state index is -4.41. The highest BCUT2D eigenvalue weighted by atomic mass is 19.4. The molecule has 3 N–H and O–H groups in total. The van der Waals surface area contributed by atoms with Gasteiger partial charge in [-0.2, -0.15) is 13.2 Å². The number of nitrogens with one attached hydrogen (secondary N) is 1. The Morgan fingerprint density at radius 3 is 2.50 bits per heavy atom. The van der Waals surface area contributed by atoms with Gasteiger partial charge in [0.05, 0.1) is 11.4 Å². The molecular formula is C13H17F3N4. The summed E-state index contributed by atoms with van der Waals surface area (Å²) in [5, 5.41) is 7.56. The first-order chi connectivity index (χ1) is 9.24. The molecule has 7 heteroatoms. The molecule has 0 amide bonds. The lowest BCUT2D eigenvalue weighted by atomic mass is 9.79. The van der Waals surface area contributed by atoms with Gasteiger partial charge < -0.3 is 10.6 Å². The first-order valence-corrected chi connectivity index (χ1v) is 6.36. The van der Waals surface area contributed by atoms with Crippen LogP contribution >= 0.6 is 0 Å². The fourth-order valence-electron chi connectivity index (χ4n) is 2.35. The van der Waals surface area contributed by atoms with Crippen molar-refractivity contribution in [1.82, 2.24) is 4.98 Å². The van der Waals surface area contributed by atoms with Crippen LogP contribution in [0.4, 0.5) is 19.0 Å². The van der Waals surface area contributed by atoms with Gasteiger partial charge in [0, 0.05) is 24.7 Å². The van der Waals surface area contributed by atoms with Gasteiger partial charge in [-0.1, -0.05) is 6.92 Å². The highest BCUT2D eigenvalue weighted by molar-refractivity contribution is 5.83. The highest BCUT2D eigenvalue weighted by Crippen LogP contribution is 2.38. The topological polar surface area (TPSA) is 66.0 Å². The lowest BCUT2D eigenvalue weighted by Crippen LogP contribution is -2.45. The molecule has 1 saturated heterocycles. The molecule has 0 radical (unpaired) electrons. The second-order valence-corrected chi connectivity index (χ2v) is 5.33. The lowest BCUT2D eigenvalue weighted by Gasteiger charge is -2.39. The van der Waals surface area contributed by atoms with Crippen molar-refractivity contribution in [3.8, 4) is 0 Å². The second kappa shape index (κ2) is 4.96. The van der Waals surface area contributed by atoms with Crippen molar-refractivity contribution in [3.63, 3.8) is 0 Å². The fraction of sp³-hybridized carbons (Fsp3) is 0.538. The van der Waals surface area contributed by atoms with Crippen LogP contribution in [-0.4, -0.2) is 23.9 Å². The first-order valence-electron chi connectivity index (χ1n) is 6.36. The molecule has 0 saturated carbocycles. The second-order valence-electron chi connectivity index (χ2n) is 5.33.